The lowest BCUT2D eigenvalue weighted by atomic mass is 10.1. The minimum Gasteiger partial charge on any atom is -0.348 e. The number of amides is 1. The van der Waals surface area contributed by atoms with Crippen LogP contribution in [-0.2, 0) is 6.54 Å². The van der Waals surface area contributed by atoms with Crippen molar-refractivity contribution in [2.75, 3.05) is 5.43 Å². The van der Waals surface area contributed by atoms with Crippen LogP contribution in [0.3, 0.4) is 0 Å². The summed E-state index contributed by atoms with van der Waals surface area (Å²) in [6.45, 7) is 2.30. The number of nitrogens with one attached hydrogen (secondary N) is 2. The molecule has 2 rings (SSSR count). The Labute approximate surface area is 122 Å². The molecule has 0 atom stereocenters. The van der Waals surface area contributed by atoms with Crippen LogP contribution in [0.25, 0.3) is 0 Å². The van der Waals surface area contributed by atoms with Crippen molar-refractivity contribution < 1.29 is 4.79 Å². The number of pyridine rings is 1. The predicted molar refractivity (Wildman–Crippen MR) is 79.4 cm³/mol. The topological polar surface area (TPSA) is 80.0 Å². The van der Waals surface area contributed by atoms with Crippen molar-refractivity contribution in [2.24, 2.45) is 5.84 Å². The van der Waals surface area contributed by atoms with Crippen molar-refractivity contribution in [1.29, 1.82) is 0 Å². The zero-order chi connectivity index (χ0) is 14.5. The quantitative estimate of drug-likeness (QED) is 0.596. The molecule has 6 heteroatoms. The van der Waals surface area contributed by atoms with Gasteiger partial charge in [0.25, 0.3) is 5.91 Å². The first-order valence-electron chi connectivity index (χ1n) is 6.06. The summed E-state index contributed by atoms with van der Waals surface area (Å²) in [7, 11) is 0. The number of benzene rings is 1. The number of carbonyl (C=O) groups is 1. The van der Waals surface area contributed by atoms with Gasteiger partial charge in [-0.2, -0.15) is 0 Å². The molecule has 0 aliphatic carbocycles. The van der Waals surface area contributed by atoms with E-state index >= 15 is 0 Å². The highest BCUT2D eigenvalue weighted by Crippen LogP contribution is 2.19. The van der Waals surface area contributed by atoms with Gasteiger partial charge in [-0.05, 0) is 36.8 Å². The zero-order valence-corrected chi connectivity index (χ0v) is 11.7. The van der Waals surface area contributed by atoms with Crippen LogP contribution >= 0.6 is 11.6 Å². The van der Waals surface area contributed by atoms with Gasteiger partial charge in [-0.1, -0.05) is 17.7 Å². The van der Waals surface area contributed by atoms with Gasteiger partial charge >= 0.3 is 0 Å². The van der Waals surface area contributed by atoms with Gasteiger partial charge in [-0.25, -0.2) is 0 Å². The fraction of sp³-hybridized carbons (Fsp3) is 0.143. The smallest absolute Gasteiger partial charge is 0.253 e. The van der Waals surface area contributed by atoms with Crippen molar-refractivity contribution in [3.05, 3.63) is 58.4 Å². The number of aryl methyl sites for hydroxylation is 1. The average molecular weight is 291 g/mol. The van der Waals surface area contributed by atoms with Crippen LogP contribution in [0.15, 0.2) is 36.5 Å². The van der Waals surface area contributed by atoms with Gasteiger partial charge < -0.3 is 10.7 Å². The molecule has 0 bridgehead atoms. The summed E-state index contributed by atoms with van der Waals surface area (Å²) in [5, 5.41) is 3.28. The van der Waals surface area contributed by atoms with E-state index in [1.165, 1.54) is 0 Å². The fourth-order valence-corrected chi connectivity index (χ4v) is 1.88. The zero-order valence-electron chi connectivity index (χ0n) is 11.0. The number of nitrogens with two attached hydrogens (primary N) is 1. The van der Waals surface area contributed by atoms with Gasteiger partial charge in [0.2, 0.25) is 0 Å². The highest BCUT2D eigenvalue weighted by Gasteiger charge is 2.11. The van der Waals surface area contributed by atoms with Crippen LogP contribution in [0, 0.1) is 6.92 Å². The normalized spacial score (nSPS) is 10.2. The maximum Gasteiger partial charge on any atom is 0.253 e. The number of hydrogen-bond donors (Lipinski definition) is 3. The second-order valence-electron chi connectivity index (χ2n) is 4.32. The molecule has 20 heavy (non-hydrogen) atoms. The highest BCUT2D eigenvalue weighted by molar-refractivity contribution is 6.31. The van der Waals surface area contributed by atoms with E-state index in [0.717, 1.165) is 11.3 Å². The third-order valence-corrected chi connectivity index (χ3v) is 3.04. The molecular formula is C14H15ClN4O. The molecule has 5 nitrogen and oxygen atoms in total. The maximum atomic E-state index is 12.1. The van der Waals surface area contributed by atoms with Crippen molar-refractivity contribution in [3.8, 4) is 0 Å². The molecule has 0 fully saturated rings. The van der Waals surface area contributed by atoms with E-state index in [4.69, 9.17) is 17.4 Å². The largest absolute Gasteiger partial charge is 0.348 e. The Balaban J connectivity index is 2.08. The summed E-state index contributed by atoms with van der Waals surface area (Å²) in [6.07, 6.45) is 1.73. The van der Waals surface area contributed by atoms with Crippen LogP contribution < -0.4 is 16.6 Å². The van der Waals surface area contributed by atoms with E-state index in [0.29, 0.717) is 22.8 Å². The van der Waals surface area contributed by atoms with E-state index in [-0.39, 0.29) is 5.91 Å². The summed E-state index contributed by atoms with van der Waals surface area (Å²) in [4.78, 5) is 16.3. The van der Waals surface area contributed by atoms with Crippen LogP contribution in [0.5, 0.6) is 0 Å². The minimum atomic E-state index is -0.249. The Morgan fingerprint density at radius 2 is 2.15 bits per heavy atom. The molecule has 0 aliphatic heterocycles. The number of nitrogens with zero attached hydrogens (tertiary/aromatic N) is 1. The third kappa shape index (κ3) is 3.46. The lowest BCUT2D eigenvalue weighted by Gasteiger charge is -2.10. The Morgan fingerprint density at radius 3 is 2.80 bits per heavy atom. The molecule has 104 valence electrons. The SMILES string of the molecule is Cc1ccc(CNC(=O)c2cc(Cl)ccc2NN)cn1. The van der Waals surface area contributed by atoms with Crippen LogP contribution in [0.4, 0.5) is 5.69 Å². The Hall–Kier alpha value is -2.11. The Kier molecular flexibility index (Phi) is 4.55. The van der Waals surface area contributed by atoms with Crippen molar-refractivity contribution >= 4 is 23.2 Å². The summed E-state index contributed by atoms with van der Waals surface area (Å²) < 4.78 is 0. The second-order valence-corrected chi connectivity index (χ2v) is 4.76. The second kappa shape index (κ2) is 6.36. The number of anilines is 1. The van der Waals surface area contributed by atoms with Crippen molar-refractivity contribution in [2.45, 2.75) is 13.5 Å². The molecule has 1 heterocycles. The van der Waals surface area contributed by atoms with Gasteiger partial charge in [-0.3, -0.25) is 15.6 Å². The Morgan fingerprint density at radius 1 is 1.35 bits per heavy atom. The number of nitrogen functional groups attached to an aromatic ring is 1. The molecule has 0 spiro atoms. The minimum absolute atomic E-state index is 0.249. The number of halogens is 1. The van der Waals surface area contributed by atoms with E-state index < -0.39 is 0 Å². The number of aromatic nitrogens is 1. The number of hydrazine groups is 1. The molecule has 1 amide bonds. The first-order valence-corrected chi connectivity index (χ1v) is 6.44. The van der Waals surface area contributed by atoms with Crippen molar-refractivity contribution in [1.82, 2.24) is 10.3 Å². The molecule has 0 saturated carbocycles. The molecule has 0 saturated heterocycles. The van der Waals surface area contributed by atoms with Gasteiger partial charge in [-0.15, -0.1) is 0 Å². The number of hydrogen-bond acceptors (Lipinski definition) is 4. The first-order chi connectivity index (χ1) is 9.60. The van der Waals surface area contributed by atoms with Crippen LogP contribution in [0.2, 0.25) is 5.02 Å². The fourth-order valence-electron chi connectivity index (χ4n) is 1.71. The average Bonchev–Trinajstić information content (AvgIpc) is 2.46. The summed E-state index contributed by atoms with van der Waals surface area (Å²) in [5.74, 6) is 5.13. The lowest BCUT2D eigenvalue weighted by molar-refractivity contribution is 0.0951. The molecule has 1 aromatic heterocycles. The molecule has 0 unspecified atom stereocenters. The van der Waals surface area contributed by atoms with E-state index in [1.807, 2.05) is 19.1 Å². The highest BCUT2D eigenvalue weighted by atomic mass is 35.5. The van der Waals surface area contributed by atoms with E-state index in [2.05, 4.69) is 15.7 Å². The van der Waals surface area contributed by atoms with Gasteiger partial charge in [0, 0.05) is 23.5 Å². The molecule has 0 aliphatic rings. The van der Waals surface area contributed by atoms with Crippen LogP contribution in [-0.4, -0.2) is 10.9 Å². The summed E-state index contributed by atoms with van der Waals surface area (Å²) in [6, 6.07) is 8.71. The molecule has 4 N–H and O–H groups in total. The Bertz CT molecular complexity index is 613. The number of rotatable bonds is 4. The lowest BCUT2D eigenvalue weighted by Crippen LogP contribution is -2.24. The van der Waals surface area contributed by atoms with Gasteiger partial charge in [0.1, 0.15) is 0 Å². The van der Waals surface area contributed by atoms with Crippen molar-refractivity contribution in [3.63, 3.8) is 0 Å². The van der Waals surface area contributed by atoms with E-state index in [9.17, 15) is 4.79 Å². The predicted octanol–water partition coefficient (Wildman–Crippen LogP) is 2.26. The maximum absolute atomic E-state index is 12.1. The summed E-state index contributed by atoms with van der Waals surface area (Å²) >= 11 is 5.89. The monoisotopic (exact) mass is 290 g/mol. The van der Waals surface area contributed by atoms with E-state index in [1.54, 1.807) is 24.4 Å². The van der Waals surface area contributed by atoms with Gasteiger partial charge in [0.05, 0.1) is 11.3 Å². The standard InChI is InChI=1S/C14H15ClN4O/c1-9-2-3-10(7-17-9)8-18-14(20)12-6-11(15)4-5-13(12)19-16/h2-7,19H,8,16H2,1H3,(H,18,20). The molecule has 0 radical (unpaired) electrons. The third-order valence-electron chi connectivity index (χ3n) is 2.81. The van der Waals surface area contributed by atoms with Crippen LogP contribution in [0.1, 0.15) is 21.6 Å². The number of carbonyl (C=O) groups excluding carboxylic acids is 1. The van der Waals surface area contributed by atoms with Gasteiger partial charge in [0.15, 0.2) is 0 Å². The summed E-state index contributed by atoms with van der Waals surface area (Å²) in [5.41, 5.74) is 5.26. The first kappa shape index (κ1) is 14.3. The molecule has 1 aromatic carbocycles. The molecule has 2 aromatic rings. The molecular weight excluding hydrogens is 276 g/mol.